The van der Waals surface area contributed by atoms with Crippen molar-refractivity contribution in [1.82, 2.24) is 9.88 Å². The van der Waals surface area contributed by atoms with E-state index in [1.54, 1.807) is 12.1 Å². The third-order valence-electron chi connectivity index (χ3n) is 4.26. The van der Waals surface area contributed by atoms with Crippen LogP contribution in [-0.2, 0) is 4.74 Å². The van der Waals surface area contributed by atoms with Crippen LogP contribution in [0.3, 0.4) is 0 Å². The fraction of sp³-hybridized carbons (Fsp3) is 0.625. The van der Waals surface area contributed by atoms with Gasteiger partial charge in [0.25, 0.3) is 0 Å². The standard InChI is InChI=1S/C16H23N3O3/c1-18-6-7-22-14(10-18)11-19(9-12-2-3-12)15-5-4-13(8-17-15)16(20)21/h4-5,8,12,14H,2-3,6-7,9-11H2,1H3,(H,20,21). The molecule has 6 nitrogen and oxygen atoms in total. The third-order valence-corrected chi connectivity index (χ3v) is 4.26. The predicted molar refractivity (Wildman–Crippen MR) is 83.4 cm³/mol. The first-order valence-corrected chi connectivity index (χ1v) is 7.86. The molecule has 0 radical (unpaired) electrons. The number of rotatable bonds is 6. The Hall–Kier alpha value is -1.66. The summed E-state index contributed by atoms with van der Waals surface area (Å²) in [6, 6.07) is 3.43. The number of anilines is 1. The van der Waals surface area contributed by atoms with Crippen LogP contribution in [-0.4, -0.2) is 66.9 Å². The molecule has 1 N–H and O–H groups in total. The molecule has 2 heterocycles. The van der Waals surface area contributed by atoms with E-state index in [0.717, 1.165) is 44.5 Å². The minimum absolute atomic E-state index is 0.179. The zero-order chi connectivity index (χ0) is 15.5. The van der Waals surface area contributed by atoms with Gasteiger partial charge >= 0.3 is 5.97 Å². The largest absolute Gasteiger partial charge is 0.478 e. The number of pyridine rings is 1. The highest BCUT2D eigenvalue weighted by atomic mass is 16.5. The van der Waals surface area contributed by atoms with Gasteiger partial charge in [-0.05, 0) is 37.9 Å². The van der Waals surface area contributed by atoms with Crippen LogP contribution in [0.2, 0.25) is 0 Å². The summed E-state index contributed by atoms with van der Waals surface area (Å²) in [6.07, 6.45) is 4.16. The van der Waals surface area contributed by atoms with E-state index in [1.165, 1.54) is 19.0 Å². The lowest BCUT2D eigenvalue weighted by Crippen LogP contribution is -2.46. The Morgan fingerprint density at radius 2 is 2.27 bits per heavy atom. The number of nitrogens with zero attached hydrogens (tertiary/aromatic N) is 3. The Morgan fingerprint density at radius 1 is 1.45 bits per heavy atom. The van der Waals surface area contributed by atoms with Crippen molar-refractivity contribution in [3.63, 3.8) is 0 Å². The number of ether oxygens (including phenoxy) is 1. The summed E-state index contributed by atoms with van der Waals surface area (Å²) in [5, 5.41) is 8.98. The van der Waals surface area contributed by atoms with E-state index in [9.17, 15) is 4.79 Å². The van der Waals surface area contributed by atoms with E-state index in [0.29, 0.717) is 0 Å². The van der Waals surface area contributed by atoms with Gasteiger partial charge in [-0.15, -0.1) is 0 Å². The molecule has 0 spiro atoms. The highest BCUT2D eigenvalue weighted by molar-refractivity contribution is 5.87. The maximum atomic E-state index is 10.9. The average Bonchev–Trinajstić information content (AvgIpc) is 3.31. The van der Waals surface area contributed by atoms with Gasteiger partial charge in [0.05, 0.1) is 18.3 Å². The summed E-state index contributed by atoms with van der Waals surface area (Å²) in [4.78, 5) is 19.8. The molecule has 6 heteroatoms. The first-order valence-electron chi connectivity index (χ1n) is 7.86. The van der Waals surface area contributed by atoms with E-state index in [-0.39, 0.29) is 11.7 Å². The molecule has 2 aliphatic rings. The van der Waals surface area contributed by atoms with Gasteiger partial charge in [0.2, 0.25) is 0 Å². The second-order valence-electron chi connectivity index (χ2n) is 6.31. The van der Waals surface area contributed by atoms with Gasteiger partial charge in [-0.25, -0.2) is 9.78 Å². The molecule has 22 heavy (non-hydrogen) atoms. The Balaban J connectivity index is 1.69. The topological polar surface area (TPSA) is 65.9 Å². The summed E-state index contributed by atoms with van der Waals surface area (Å²) in [5.74, 6) is 0.640. The number of aromatic carboxylic acids is 1. The van der Waals surface area contributed by atoms with Crippen molar-refractivity contribution >= 4 is 11.8 Å². The summed E-state index contributed by atoms with van der Waals surface area (Å²) in [5.41, 5.74) is 0.226. The fourth-order valence-corrected chi connectivity index (χ4v) is 2.80. The highest BCUT2D eigenvalue weighted by Gasteiger charge is 2.28. The SMILES string of the molecule is CN1CCOC(CN(CC2CC2)c2ccc(C(=O)O)cn2)C1. The zero-order valence-corrected chi connectivity index (χ0v) is 12.9. The van der Waals surface area contributed by atoms with Gasteiger partial charge in [-0.3, -0.25) is 0 Å². The van der Waals surface area contributed by atoms with Gasteiger partial charge in [-0.2, -0.15) is 0 Å². The molecule has 1 aliphatic carbocycles. The maximum Gasteiger partial charge on any atom is 0.337 e. The van der Waals surface area contributed by atoms with Crippen molar-refractivity contribution in [1.29, 1.82) is 0 Å². The van der Waals surface area contributed by atoms with Crippen LogP contribution in [0.5, 0.6) is 0 Å². The fourth-order valence-electron chi connectivity index (χ4n) is 2.80. The minimum atomic E-state index is -0.940. The molecule has 1 atom stereocenters. The number of morpholine rings is 1. The lowest BCUT2D eigenvalue weighted by atomic mass is 10.2. The van der Waals surface area contributed by atoms with E-state index < -0.39 is 5.97 Å². The lowest BCUT2D eigenvalue weighted by molar-refractivity contribution is -0.0149. The zero-order valence-electron chi connectivity index (χ0n) is 12.9. The highest BCUT2D eigenvalue weighted by Crippen LogP contribution is 2.31. The monoisotopic (exact) mass is 305 g/mol. The molecule has 0 aromatic carbocycles. The first-order chi connectivity index (χ1) is 10.6. The first kappa shape index (κ1) is 15.2. The summed E-state index contributed by atoms with van der Waals surface area (Å²) in [6.45, 7) is 4.45. The van der Waals surface area contributed by atoms with E-state index in [4.69, 9.17) is 9.84 Å². The van der Waals surface area contributed by atoms with Crippen molar-refractivity contribution in [2.24, 2.45) is 5.92 Å². The molecule has 1 saturated heterocycles. The van der Waals surface area contributed by atoms with Crippen LogP contribution in [0.15, 0.2) is 18.3 Å². The lowest BCUT2D eigenvalue weighted by Gasteiger charge is -2.34. The second kappa shape index (κ2) is 6.62. The molecule has 1 unspecified atom stereocenters. The number of carboxylic acids is 1. The van der Waals surface area contributed by atoms with Crippen LogP contribution in [0.25, 0.3) is 0 Å². The number of hydrogen-bond donors (Lipinski definition) is 1. The second-order valence-corrected chi connectivity index (χ2v) is 6.31. The van der Waals surface area contributed by atoms with Crippen molar-refractivity contribution in [2.75, 3.05) is 44.7 Å². The van der Waals surface area contributed by atoms with Crippen LogP contribution in [0.4, 0.5) is 5.82 Å². The van der Waals surface area contributed by atoms with Crippen molar-refractivity contribution in [3.8, 4) is 0 Å². The Bertz CT molecular complexity index is 516. The molecule has 1 saturated carbocycles. The number of carboxylic acid groups (broad SMARTS) is 1. The van der Waals surface area contributed by atoms with Crippen LogP contribution in [0, 0.1) is 5.92 Å². The van der Waals surface area contributed by atoms with Gasteiger partial charge in [-0.1, -0.05) is 0 Å². The molecule has 2 fully saturated rings. The van der Waals surface area contributed by atoms with Gasteiger partial charge in [0, 0.05) is 32.4 Å². The van der Waals surface area contributed by atoms with E-state index in [2.05, 4.69) is 21.8 Å². The van der Waals surface area contributed by atoms with Gasteiger partial charge < -0.3 is 19.6 Å². The Labute approximate surface area is 130 Å². The average molecular weight is 305 g/mol. The number of carbonyl (C=O) groups is 1. The third kappa shape index (κ3) is 3.96. The molecule has 0 amide bonds. The van der Waals surface area contributed by atoms with Crippen LogP contribution >= 0.6 is 0 Å². The summed E-state index contributed by atoms with van der Waals surface area (Å²) >= 11 is 0. The van der Waals surface area contributed by atoms with Crippen LogP contribution in [0.1, 0.15) is 23.2 Å². The van der Waals surface area contributed by atoms with Crippen LogP contribution < -0.4 is 4.90 Å². The normalized spacial score (nSPS) is 22.5. The Kier molecular flexibility index (Phi) is 4.59. The summed E-state index contributed by atoms with van der Waals surface area (Å²) in [7, 11) is 2.11. The molecule has 1 aromatic rings. The van der Waals surface area contributed by atoms with Gasteiger partial charge in [0.1, 0.15) is 5.82 Å². The smallest absolute Gasteiger partial charge is 0.337 e. The predicted octanol–water partition coefficient (Wildman–Crippen LogP) is 1.33. The minimum Gasteiger partial charge on any atom is -0.478 e. The van der Waals surface area contributed by atoms with Crippen molar-refractivity contribution in [2.45, 2.75) is 18.9 Å². The molecule has 0 bridgehead atoms. The molecule has 3 rings (SSSR count). The molecule has 120 valence electrons. The molecular formula is C16H23N3O3. The van der Waals surface area contributed by atoms with Crippen molar-refractivity contribution in [3.05, 3.63) is 23.9 Å². The van der Waals surface area contributed by atoms with E-state index >= 15 is 0 Å². The molecule has 1 aromatic heterocycles. The Morgan fingerprint density at radius 3 is 2.86 bits per heavy atom. The molecular weight excluding hydrogens is 282 g/mol. The molecule has 1 aliphatic heterocycles. The summed E-state index contributed by atoms with van der Waals surface area (Å²) < 4.78 is 5.86. The number of likely N-dealkylation sites (N-methyl/N-ethyl adjacent to an activating group) is 1. The van der Waals surface area contributed by atoms with E-state index in [1.807, 2.05) is 0 Å². The number of aromatic nitrogens is 1. The van der Waals surface area contributed by atoms with Crippen molar-refractivity contribution < 1.29 is 14.6 Å². The number of hydrogen-bond acceptors (Lipinski definition) is 5. The quantitative estimate of drug-likeness (QED) is 0.855. The maximum absolute atomic E-state index is 10.9. The van der Waals surface area contributed by atoms with Gasteiger partial charge in [0.15, 0.2) is 0 Å².